The van der Waals surface area contributed by atoms with Gasteiger partial charge in [-0.1, -0.05) is 12.8 Å². The molecule has 1 heterocycles. The lowest BCUT2D eigenvalue weighted by atomic mass is 10.5. The molecule has 3 nitrogen and oxygen atoms in total. The first kappa shape index (κ1) is 9.40. The summed E-state index contributed by atoms with van der Waals surface area (Å²) in [7, 11) is -2.75. The fraction of sp³-hybridized carbons (Fsp3) is 0.750. The highest BCUT2D eigenvalue weighted by Gasteiger charge is 2.19. The van der Waals surface area contributed by atoms with E-state index in [0.29, 0.717) is 13.1 Å². The number of nitrogens with zero attached hydrogens (tertiary/aromatic N) is 1. The van der Waals surface area contributed by atoms with Crippen molar-refractivity contribution in [1.82, 2.24) is 4.90 Å². The lowest BCUT2D eigenvalue weighted by Crippen LogP contribution is -2.37. The molecule has 1 aliphatic rings. The average Bonchev–Trinajstić information content (AvgIpc) is 2.03. The van der Waals surface area contributed by atoms with E-state index in [1.165, 1.54) is 0 Å². The van der Waals surface area contributed by atoms with E-state index in [1.807, 2.05) is 11.8 Å². The van der Waals surface area contributed by atoms with Gasteiger partial charge in [0.15, 0.2) is 9.84 Å². The zero-order valence-corrected chi connectivity index (χ0v) is 8.02. The zero-order valence-electron chi connectivity index (χ0n) is 7.21. The molecule has 1 rings (SSSR count). The molecule has 68 valence electrons. The van der Waals surface area contributed by atoms with Crippen molar-refractivity contribution in [3.8, 4) is 12.0 Å². The van der Waals surface area contributed by atoms with Crippen molar-refractivity contribution >= 4 is 9.84 Å². The van der Waals surface area contributed by atoms with Crippen LogP contribution in [0.25, 0.3) is 0 Å². The standard InChI is InChI=1S/C8H13NO2S/c1-2-3-4-9-5-7-12(10,11)8-6-9/h2,5-8H2,1H3. The summed E-state index contributed by atoms with van der Waals surface area (Å²) >= 11 is 0. The molecule has 1 aliphatic heterocycles. The van der Waals surface area contributed by atoms with Gasteiger partial charge in [0.25, 0.3) is 0 Å². The first-order valence-corrected chi connectivity index (χ1v) is 5.90. The highest BCUT2D eigenvalue weighted by Crippen LogP contribution is 2.01. The second kappa shape index (κ2) is 3.81. The molecule has 0 unspecified atom stereocenters. The Kier molecular flexibility index (Phi) is 2.99. The van der Waals surface area contributed by atoms with Crippen molar-refractivity contribution in [3.05, 3.63) is 0 Å². The molecule has 0 N–H and O–H groups in total. The van der Waals surface area contributed by atoms with Gasteiger partial charge in [0.1, 0.15) is 0 Å². The molecule has 0 aromatic rings. The second-order valence-electron chi connectivity index (χ2n) is 2.78. The summed E-state index contributed by atoms with van der Waals surface area (Å²) in [5.41, 5.74) is 0. The molecular formula is C8H13NO2S. The van der Waals surface area contributed by atoms with E-state index in [4.69, 9.17) is 0 Å². The summed E-state index contributed by atoms with van der Waals surface area (Å²) < 4.78 is 22.0. The van der Waals surface area contributed by atoms with Crippen LogP contribution in [0.1, 0.15) is 13.3 Å². The van der Waals surface area contributed by atoms with E-state index >= 15 is 0 Å². The minimum Gasteiger partial charge on any atom is -0.331 e. The third-order valence-corrected chi connectivity index (χ3v) is 3.37. The van der Waals surface area contributed by atoms with Crippen molar-refractivity contribution in [2.75, 3.05) is 24.6 Å². The van der Waals surface area contributed by atoms with Gasteiger partial charge in [-0.3, -0.25) is 0 Å². The molecule has 0 atom stereocenters. The summed E-state index contributed by atoms with van der Waals surface area (Å²) in [4.78, 5) is 1.88. The van der Waals surface area contributed by atoms with E-state index in [2.05, 4.69) is 12.0 Å². The maximum absolute atomic E-state index is 11.0. The maximum Gasteiger partial charge on any atom is 0.153 e. The minimum atomic E-state index is -2.75. The molecule has 1 saturated heterocycles. The quantitative estimate of drug-likeness (QED) is 0.504. The van der Waals surface area contributed by atoms with Crippen LogP contribution in [0.15, 0.2) is 0 Å². The van der Waals surface area contributed by atoms with E-state index in [-0.39, 0.29) is 11.5 Å². The van der Waals surface area contributed by atoms with Crippen LogP contribution in [0.3, 0.4) is 0 Å². The van der Waals surface area contributed by atoms with Crippen molar-refractivity contribution in [2.45, 2.75) is 13.3 Å². The van der Waals surface area contributed by atoms with Crippen LogP contribution in [0, 0.1) is 12.0 Å². The number of hydrogen-bond acceptors (Lipinski definition) is 3. The zero-order chi connectivity index (χ0) is 9.03. The summed E-state index contributed by atoms with van der Waals surface area (Å²) in [6, 6.07) is 2.93. The van der Waals surface area contributed by atoms with E-state index in [1.54, 1.807) is 0 Å². The highest BCUT2D eigenvalue weighted by atomic mass is 32.2. The Morgan fingerprint density at radius 3 is 2.42 bits per heavy atom. The van der Waals surface area contributed by atoms with Gasteiger partial charge >= 0.3 is 0 Å². The molecule has 0 aromatic carbocycles. The number of hydrogen-bond donors (Lipinski definition) is 0. The lowest BCUT2D eigenvalue weighted by molar-refractivity contribution is 0.423. The fourth-order valence-electron chi connectivity index (χ4n) is 1.02. The van der Waals surface area contributed by atoms with Crippen molar-refractivity contribution in [1.29, 1.82) is 0 Å². The minimum absolute atomic E-state index is 0.255. The van der Waals surface area contributed by atoms with Gasteiger partial charge in [0.2, 0.25) is 0 Å². The van der Waals surface area contributed by atoms with Gasteiger partial charge in [-0.05, 0) is 0 Å². The molecular weight excluding hydrogens is 174 g/mol. The molecule has 4 heteroatoms. The monoisotopic (exact) mass is 187 g/mol. The van der Waals surface area contributed by atoms with Gasteiger partial charge < -0.3 is 4.90 Å². The smallest absolute Gasteiger partial charge is 0.153 e. The number of sulfone groups is 1. The van der Waals surface area contributed by atoms with Crippen LogP contribution in [-0.4, -0.2) is 37.9 Å². The van der Waals surface area contributed by atoms with E-state index in [0.717, 1.165) is 6.42 Å². The third-order valence-electron chi connectivity index (χ3n) is 1.76. The first-order valence-electron chi connectivity index (χ1n) is 4.08. The SMILES string of the molecule is CCC#CN1CCS(=O)(=O)CC1. The van der Waals surface area contributed by atoms with Crippen LogP contribution >= 0.6 is 0 Å². The second-order valence-corrected chi connectivity index (χ2v) is 5.08. The van der Waals surface area contributed by atoms with Gasteiger partial charge in [0, 0.05) is 25.6 Å². The largest absolute Gasteiger partial charge is 0.331 e. The van der Waals surface area contributed by atoms with Gasteiger partial charge in [-0.25, -0.2) is 8.42 Å². The van der Waals surface area contributed by atoms with Crippen molar-refractivity contribution in [2.24, 2.45) is 0 Å². The Morgan fingerprint density at radius 2 is 1.92 bits per heavy atom. The van der Waals surface area contributed by atoms with E-state index in [9.17, 15) is 8.42 Å². The molecule has 12 heavy (non-hydrogen) atoms. The molecule has 0 amide bonds. The molecule has 0 spiro atoms. The molecule has 0 aliphatic carbocycles. The third kappa shape index (κ3) is 2.74. The lowest BCUT2D eigenvalue weighted by Gasteiger charge is -2.22. The predicted molar refractivity (Wildman–Crippen MR) is 48.3 cm³/mol. The Morgan fingerprint density at radius 1 is 1.33 bits per heavy atom. The molecule has 0 radical (unpaired) electrons. The Balaban J connectivity index is 2.47. The van der Waals surface area contributed by atoms with E-state index < -0.39 is 9.84 Å². The van der Waals surface area contributed by atoms with Crippen LogP contribution in [0.4, 0.5) is 0 Å². The van der Waals surface area contributed by atoms with Gasteiger partial charge in [-0.15, -0.1) is 0 Å². The Hall–Kier alpha value is -0.690. The molecule has 1 fully saturated rings. The summed E-state index contributed by atoms with van der Waals surface area (Å²) in [5.74, 6) is 3.44. The highest BCUT2D eigenvalue weighted by molar-refractivity contribution is 7.91. The van der Waals surface area contributed by atoms with Crippen LogP contribution in [-0.2, 0) is 9.84 Å². The molecule has 0 aromatic heterocycles. The summed E-state index contributed by atoms with van der Waals surface area (Å²) in [6.07, 6.45) is 0.823. The van der Waals surface area contributed by atoms with Crippen LogP contribution in [0.2, 0.25) is 0 Å². The summed E-state index contributed by atoms with van der Waals surface area (Å²) in [6.45, 7) is 3.11. The van der Waals surface area contributed by atoms with Crippen molar-refractivity contribution in [3.63, 3.8) is 0 Å². The molecule has 0 saturated carbocycles. The predicted octanol–water partition coefficient (Wildman–Crippen LogP) is 0.0877. The number of rotatable bonds is 0. The fourth-order valence-corrected chi connectivity index (χ4v) is 2.22. The molecule has 0 bridgehead atoms. The van der Waals surface area contributed by atoms with Gasteiger partial charge in [-0.2, -0.15) is 0 Å². The van der Waals surface area contributed by atoms with Crippen LogP contribution in [0.5, 0.6) is 0 Å². The van der Waals surface area contributed by atoms with Crippen molar-refractivity contribution < 1.29 is 8.42 Å². The maximum atomic E-state index is 11.0. The normalized spacial score (nSPS) is 21.2. The Labute approximate surface area is 73.7 Å². The average molecular weight is 187 g/mol. The summed E-state index contributed by atoms with van der Waals surface area (Å²) in [5, 5.41) is 0. The van der Waals surface area contributed by atoms with Gasteiger partial charge in [0.05, 0.1) is 11.5 Å². The van der Waals surface area contributed by atoms with Crippen LogP contribution < -0.4 is 0 Å². The Bertz CT molecular complexity index is 283. The first-order chi connectivity index (χ1) is 5.64. The topological polar surface area (TPSA) is 37.4 Å².